The molecule has 3 atom stereocenters. The molecule has 3 unspecified atom stereocenters. The van der Waals surface area contributed by atoms with Crippen molar-refractivity contribution in [3.05, 3.63) is 11.7 Å². The third kappa shape index (κ3) is 3.35. The standard InChI is InChI=1S/C19H27N3O4/c23-17(10-9-16-20-18(21-26-16)12-5-1-2-6-12)22-14-8-4-3-7-13(14)11-15(22)19(24)25/h12-15H,1-11H2,(H,24,25). The number of aliphatic carboxylic acids is 1. The third-order valence-electron chi connectivity index (χ3n) is 6.42. The summed E-state index contributed by atoms with van der Waals surface area (Å²) in [6, 6.07) is -0.582. The number of hydrogen-bond acceptors (Lipinski definition) is 5. The minimum Gasteiger partial charge on any atom is -0.480 e. The monoisotopic (exact) mass is 361 g/mol. The Morgan fingerprint density at radius 2 is 1.85 bits per heavy atom. The van der Waals surface area contributed by atoms with Gasteiger partial charge >= 0.3 is 5.97 Å². The largest absolute Gasteiger partial charge is 0.480 e. The number of carboxylic acids is 1. The highest BCUT2D eigenvalue weighted by Crippen LogP contribution is 2.40. The summed E-state index contributed by atoms with van der Waals surface area (Å²) >= 11 is 0. The fraction of sp³-hybridized carbons (Fsp3) is 0.789. The number of hydrogen-bond donors (Lipinski definition) is 1. The van der Waals surface area contributed by atoms with E-state index in [0.29, 0.717) is 30.6 Å². The van der Waals surface area contributed by atoms with Crippen molar-refractivity contribution in [2.75, 3.05) is 0 Å². The van der Waals surface area contributed by atoms with Crippen LogP contribution < -0.4 is 0 Å². The number of likely N-dealkylation sites (tertiary alicyclic amines) is 1. The van der Waals surface area contributed by atoms with E-state index < -0.39 is 12.0 Å². The normalized spacial score (nSPS) is 29.1. The predicted octanol–water partition coefficient (Wildman–Crippen LogP) is 2.90. The molecule has 142 valence electrons. The lowest BCUT2D eigenvalue weighted by atomic mass is 9.84. The predicted molar refractivity (Wildman–Crippen MR) is 92.5 cm³/mol. The van der Waals surface area contributed by atoms with Crippen LogP contribution in [0.15, 0.2) is 4.52 Å². The van der Waals surface area contributed by atoms with Crippen LogP contribution in [-0.2, 0) is 16.0 Å². The molecule has 2 saturated carbocycles. The number of aromatic nitrogens is 2. The van der Waals surface area contributed by atoms with Crippen molar-refractivity contribution in [3.63, 3.8) is 0 Å². The topological polar surface area (TPSA) is 96.5 Å². The van der Waals surface area contributed by atoms with Crippen molar-refractivity contribution in [2.24, 2.45) is 5.92 Å². The van der Waals surface area contributed by atoms with E-state index in [2.05, 4.69) is 10.1 Å². The third-order valence-corrected chi connectivity index (χ3v) is 6.42. The first kappa shape index (κ1) is 17.5. The second kappa shape index (κ2) is 7.37. The van der Waals surface area contributed by atoms with Gasteiger partial charge in [0.1, 0.15) is 6.04 Å². The molecule has 1 aromatic heterocycles. The Bertz CT molecular complexity index is 667. The number of aryl methyl sites for hydroxylation is 1. The lowest BCUT2D eigenvalue weighted by Gasteiger charge is -2.33. The van der Waals surface area contributed by atoms with Crippen LogP contribution in [-0.4, -0.2) is 44.1 Å². The SMILES string of the molecule is O=C(O)C1CC2CCCCC2N1C(=O)CCc1nc(C2CCCC2)no1. The van der Waals surface area contributed by atoms with Gasteiger partial charge in [-0.1, -0.05) is 30.8 Å². The Morgan fingerprint density at radius 3 is 2.62 bits per heavy atom. The van der Waals surface area contributed by atoms with Crippen LogP contribution in [0.1, 0.15) is 81.8 Å². The van der Waals surface area contributed by atoms with E-state index in [1.807, 2.05) is 0 Å². The number of fused-ring (bicyclic) bond motifs is 1. The number of amides is 1. The second-order valence-electron chi connectivity index (χ2n) is 8.03. The summed E-state index contributed by atoms with van der Waals surface area (Å²) in [5, 5.41) is 13.6. The molecule has 7 nitrogen and oxygen atoms in total. The van der Waals surface area contributed by atoms with Crippen molar-refractivity contribution in [1.29, 1.82) is 0 Å². The maximum Gasteiger partial charge on any atom is 0.326 e. The van der Waals surface area contributed by atoms with E-state index in [9.17, 15) is 14.7 Å². The number of carboxylic acid groups (broad SMARTS) is 1. The van der Waals surface area contributed by atoms with Gasteiger partial charge in [-0.3, -0.25) is 4.79 Å². The zero-order valence-corrected chi connectivity index (χ0v) is 15.1. The molecule has 0 aromatic carbocycles. The summed E-state index contributed by atoms with van der Waals surface area (Å²) in [4.78, 5) is 30.6. The molecule has 7 heteroatoms. The van der Waals surface area contributed by atoms with Gasteiger partial charge in [-0.25, -0.2) is 4.79 Å². The summed E-state index contributed by atoms with van der Waals surface area (Å²) in [5.74, 6) is 1.02. The molecular weight excluding hydrogens is 334 g/mol. The first-order valence-corrected chi connectivity index (χ1v) is 10.00. The molecule has 0 bridgehead atoms. The number of nitrogens with zero attached hydrogens (tertiary/aromatic N) is 3. The van der Waals surface area contributed by atoms with Gasteiger partial charge in [-0.05, 0) is 38.0 Å². The quantitative estimate of drug-likeness (QED) is 0.866. The average Bonchev–Trinajstić information content (AvgIpc) is 3.37. The van der Waals surface area contributed by atoms with E-state index in [4.69, 9.17) is 4.52 Å². The van der Waals surface area contributed by atoms with E-state index >= 15 is 0 Å². The molecule has 1 aromatic rings. The van der Waals surface area contributed by atoms with Gasteiger partial charge in [0, 0.05) is 24.8 Å². The van der Waals surface area contributed by atoms with Gasteiger partial charge < -0.3 is 14.5 Å². The van der Waals surface area contributed by atoms with Gasteiger partial charge in [0.25, 0.3) is 0 Å². The summed E-state index contributed by atoms with van der Waals surface area (Å²) in [7, 11) is 0. The van der Waals surface area contributed by atoms with Crippen LogP contribution in [0.25, 0.3) is 0 Å². The molecule has 26 heavy (non-hydrogen) atoms. The van der Waals surface area contributed by atoms with E-state index in [-0.39, 0.29) is 18.4 Å². The maximum absolute atomic E-state index is 12.8. The van der Waals surface area contributed by atoms with Crippen LogP contribution in [0.2, 0.25) is 0 Å². The molecule has 1 amide bonds. The van der Waals surface area contributed by atoms with Gasteiger partial charge in [0.15, 0.2) is 5.82 Å². The summed E-state index contributed by atoms with van der Waals surface area (Å²) in [6.07, 6.45) is 10.0. The Kier molecular flexibility index (Phi) is 4.96. The van der Waals surface area contributed by atoms with E-state index in [1.165, 1.54) is 12.8 Å². The molecule has 0 spiro atoms. The molecule has 2 heterocycles. The first-order chi connectivity index (χ1) is 12.6. The molecule has 2 aliphatic carbocycles. The lowest BCUT2D eigenvalue weighted by molar-refractivity contribution is -0.149. The van der Waals surface area contributed by atoms with Crippen LogP contribution in [0.3, 0.4) is 0 Å². The molecule has 1 saturated heterocycles. The highest BCUT2D eigenvalue weighted by atomic mass is 16.5. The number of carbonyl (C=O) groups excluding carboxylic acids is 1. The zero-order chi connectivity index (χ0) is 18.1. The number of carbonyl (C=O) groups is 2. The minimum absolute atomic E-state index is 0.0904. The molecule has 1 aliphatic heterocycles. The van der Waals surface area contributed by atoms with Crippen LogP contribution >= 0.6 is 0 Å². The fourth-order valence-corrected chi connectivity index (χ4v) is 5.10. The Balaban J connectivity index is 1.39. The van der Waals surface area contributed by atoms with Crippen LogP contribution in [0.4, 0.5) is 0 Å². The smallest absolute Gasteiger partial charge is 0.326 e. The number of rotatable bonds is 5. The summed E-state index contributed by atoms with van der Waals surface area (Å²) in [5.41, 5.74) is 0. The highest BCUT2D eigenvalue weighted by molar-refractivity contribution is 5.84. The Labute approximate surface area is 153 Å². The van der Waals surface area contributed by atoms with Crippen molar-refractivity contribution in [3.8, 4) is 0 Å². The van der Waals surface area contributed by atoms with Crippen LogP contribution in [0, 0.1) is 5.92 Å². The van der Waals surface area contributed by atoms with E-state index in [1.54, 1.807) is 4.90 Å². The maximum atomic E-state index is 12.8. The van der Waals surface area contributed by atoms with Crippen molar-refractivity contribution in [2.45, 2.75) is 88.6 Å². The first-order valence-electron chi connectivity index (χ1n) is 10.00. The molecule has 3 aliphatic rings. The van der Waals surface area contributed by atoms with Crippen LogP contribution in [0.5, 0.6) is 0 Å². The summed E-state index contributed by atoms with van der Waals surface area (Å²) in [6.45, 7) is 0. The van der Waals surface area contributed by atoms with Crippen molar-refractivity contribution >= 4 is 11.9 Å². The van der Waals surface area contributed by atoms with Gasteiger partial charge in [-0.2, -0.15) is 4.98 Å². The molecule has 3 fully saturated rings. The average molecular weight is 361 g/mol. The van der Waals surface area contributed by atoms with Gasteiger partial charge in [-0.15, -0.1) is 0 Å². The minimum atomic E-state index is -0.881. The van der Waals surface area contributed by atoms with Gasteiger partial charge in [0.2, 0.25) is 11.8 Å². The Hall–Kier alpha value is -1.92. The molecule has 4 rings (SSSR count). The van der Waals surface area contributed by atoms with Crippen molar-refractivity contribution in [1.82, 2.24) is 15.0 Å². The highest BCUT2D eigenvalue weighted by Gasteiger charge is 2.47. The van der Waals surface area contributed by atoms with E-state index in [0.717, 1.165) is 44.3 Å². The molecule has 0 radical (unpaired) electrons. The second-order valence-corrected chi connectivity index (χ2v) is 8.03. The fourth-order valence-electron chi connectivity index (χ4n) is 5.10. The molecule has 1 N–H and O–H groups in total. The lowest BCUT2D eigenvalue weighted by Crippen LogP contribution is -2.46. The Morgan fingerprint density at radius 1 is 1.12 bits per heavy atom. The summed E-state index contributed by atoms with van der Waals surface area (Å²) < 4.78 is 5.32. The molecular formula is C19H27N3O4. The zero-order valence-electron chi connectivity index (χ0n) is 15.1. The van der Waals surface area contributed by atoms with Gasteiger partial charge in [0.05, 0.1) is 0 Å². The van der Waals surface area contributed by atoms with Crippen molar-refractivity contribution < 1.29 is 19.2 Å².